The van der Waals surface area contributed by atoms with Crippen LogP contribution >= 0.6 is 15.9 Å². The number of carbonyl (C=O) groups excluding carboxylic acids is 1. The predicted octanol–water partition coefficient (Wildman–Crippen LogP) is 3.40. The molecule has 0 atom stereocenters. The smallest absolute Gasteiger partial charge is 0.251 e. The zero-order chi connectivity index (χ0) is 16.7. The standard InChI is InChI=1S/C17H24BrNO4/c1-3-23-16-14(18)9-13(10-15(16)21-2)17(20)19-7-4-8-22-11-12-5-6-12/h9-10,12H,3-8,11H2,1-2H3,(H,19,20). The Balaban J connectivity index is 1.81. The van der Waals surface area contributed by atoms with E-state index in [1.54, 1.807) is 19.2 Å². The minimum Gasteiger partial charge on any atom is -0.493 e. The third-order valence-corrected chi connectivity index (χ3v) is 4.17. The Morgan fingerprint density at radius 3 is 2.83 bits per heavy atom. The Bertz CT molecular complexity index is 532. The molecular formula is C17H24BrNO4. The van der Waals surface area contributed by atoms with Gasteiger partial charge in [-0.15, -0.1) is 0 Å². The van der Waals surface area contributed by atoms with Crippen LogP contribution in [-0.2, 0) is 4.74 Å². The van der Waals surface area contributed by atoms with Crippen LogP contribution in [-0.4, -0.2) is 39.4 Å². The summed E-state index contributed by atoms with van der Waals surface area (Å²) < 4.78 is 17.1. The molecule has 1 amide bonds. The molecular weight excluding hydrogens is 362 g/mol. The second-order valence-corrected chi connectivity index (χ2v) is 6.40. The highest BCUT2D eigenvalue weighted by Gasteiger charge is 2.20. The number of benzene rings is 1. The molecule has 0 aromatic heterocycles. The third kappa shape index (κ3) is 5.70. The number of amides is 1. The van der Waals surface area contributed by atoms with E-state index in [2.05, 4.69) is 21.2 Å². The van der Waals surface area contributed by atoms with Crippen LogP contribution in [0.5, 0.6) is 11.5 Å². The molecule has 0 bridgehead atoms. The van der Waals surface area contributed by atoms with E-state index >= 15 is 0 Å². The van der Waals surface area contributed by atoms with Crippen molar-refractivity contribution >= 4 is 21.8 Å². The van der Waals surface area contributed by atoms with E-state index in [1.807, 2.05) is 6.92 Å². The molecule has 1 aromatic rings. The number of hydrogen-bond donors (Lipinski definition) is 1. The Labute approximate surface area is 145 Å². The minimum absolute atomic E-state index is 0.130. The topological polar surface area (TPSA) is 56.8 Å². The van der Waals surface area contributed by atoms with E-state index in [0.29, 0.717) is 41.3 Å². The van der Waals surface area contributed by atoms with E-state index < -0.39 is 0 Å². The maximum absolute atomic E-state index is 12.2. The van der Waals surface area contributed by atoms with Gasteiger partial charge in [-0.2, -0.15) is 0 Å². The summed E-state index contributed by atoms with van der Waals surface area (Å²) in [7, 11) is 1.56. The quantitative estimate of drug-likeness (QED) is 0.627. The summed E-state index contributed by atoms with van der Waals surface area (Å²) in [5.41, 5.74) is 0.538. The van der Waals surface area contributed by atoms with Gasteiger partial charge in [0.15, 0.2) is 11.5 Å². The van der Waals surface area contributed by atoms with Gasteiger partial charge in [-0.1, -0.05) is 0 Å². The molecule has 1 aliphatic carbocycles. The molecule has 0 unspecified atom stereocenters. The van der Waals surface area contributed by atoms with Gasteiger partial charge in [-0.3, -0.25) is 4.79 Å². The van der Waals surface area contributed by atoms with Crippen LogP contribution in [0.3, 0.4) is 0 Å². The molecule has 2 rings (SSSR count). The lowest BCUT2D eigenvalue weighted by atomic mass is 10.2. The van der Waals surface area contributed by atoms with Crippen LogP contribution in [0.2, 0.25) is 0 Å². The normalized spacial score (nSPS) is 13.7. The number of carbonyl (C=O) groups is 1. The highest BCUT2D eigenvalue weighted by molar-refractivity contribution is 9.10. The van der Waals surface area contributed by atoms with Crippen molar-refractivity contribution < 1.29 is 19.0 Å². The van der Waals surface area contributed by atoms with Gasteiger partial charge < -0.3 is 19.5 Å². The Morgan fingerprint density at radius 1 is 1.39 bits per heavy atom. The van der Waals surface area contributed by atoms with E-state index in [-0.39, 0.29) is 5.91 Å². The van der Waals surface area contributed by atoms with Crippen LogP contribution in [0.1, 0.15) is 36.5 Å². The second-order valence-electron chi connectivity index (χ2n) is 5.55. The monoisotopic (exact) mass is 385 g/mol. The van der Waals surface area contributed by atoms with Crippen molar-refractivity contribution in [3.8, 4) is 11.5 Å². The van der Waals surface area contributed by atoms with Gasteiger partial charge >= 0.3 is 0 Å². The fraction of sp³-hybridized carbons (Fsp3) is 0.588. The first-order valence-electron chi connectivity index (χ1n) is 8.02. The van der Waals surface area contributed by atoms with Crippen LogP contribution in [0.25, 0.3) is 0 Å². The molecule has 0 radical (unpaired) electrons. The number of rotatable bonds is 10. The molecule has 6 heteroatoms. The lowest BCUT2D eigenvalue weighted by Crippen LogP contribution is -2.25. The zero-order valence-corrected chi connectivity index (χ0v) is 15.3. The summed E-state index contributed by atoms with van der Waals surface area (Å²) in [5, 5.41) is 2.90. The fourth-order valence-electron chi connectivity index (χ4n) is 2.15. The lowest BCUT2D eigenvalue weighted by molar-refractivity contribution is 0.0937. The summed E-state index contributed by atoms with van der Waals surface area (Å²) in [5.74, 6) is 1.80. The average Bonchev–Trinajstić information content (AvgIpc) is 3.36. The van der Waals surface area contributed by atoms with E-state index in [4.69, 9.17) is 14.2 Å². The first-order chi connectivity index (χ1) is 11.2. The van der Waals surface area contributed by atoms with Gasteiger partial charge in [0.05, 0.1) is 18.2 Å². The van der Waals surface area contributed by atoms with Crippen LogP contribution in [0.4, 0.5) is 0 Å². The third-order valence-electron chi connectivity index (χ3n) is 3.58. The van der Waals surface area contributed by atoms with Gasteiger partial charge in [0.2, 0.25) is 0 Å². The van der Waals surface area contributed by atoms with Crippen molar-refractivity contribution in [2.75, 3.05) is 33.5 Å². The predicted molar refractivity (Wildman–Crippen MR) is 92.4 cm³/mol. The molecule has 1 N–H and O–H groups in total. The van der Waals surface area contributed by atoms with E-state index in [1.165, 1.54) is 12.8 Å². The second kappa shape index (κ2) is 9.13. The van der Waals surface area contributed by atoms with Crippen molar-refractivity contribution in [2.24, 2.45) is 5.92 Å². The van der Waals surface area contributed by atoms with Crippen molar-refractivity contribution in [1.29, 1.82) is 0 Å². The SMILES string of the molecule is CCOc1c(Br)cc(C(=O)NCCCOCC2CC2)cc1OC. The van der Waals surface area contributed by atoms with Gasteiger partial charge in [-0.25, -0.2) is 0 Å². The van der Waals surface area contributed by atoms with Crippen molar-refractivity contribution in [3.63, 3.8) is 0 Å². The first-order valence-corrected chi connectivity index (χ1v) is 8.81. The minimum atomic E-state index is -0.130. The first kappa shape index (κ1) is 18.1. The molecule has 0 heterocycles. The van der Waals surface area contributed by atoms with E-state index in [9.17, 15) is 4.79 Å². The molecule has 1 saturated carbocycles. The molecule has 128 valence electrons. The summed E-state index contributed by atoms with van der Waals surface area (Å²) in [6.07, 6.45) is 3.41. The number of hydrogen-bond acceptors (Lipinski definition) is 4. The lowest BCUT2D eigenvalue weighted by Gasteiger charge is -2.13. The Kier molecular flexibility index (Phi) is 7.17. The molecule has 1 fully saturated rings. The summed E-state index contributed by atoms with van der Waals surface area (Å²) in [4.78, 5) is 12.2. The summed E-state index contributed by atoms with van der Waals surface area (Å²) in [6.45, 7) is 4.57. The van der Waals surface area contributed by atoms with Gasteiger partial charge in [0, 0.05) is 25.3 Å². The number of ether oxygens (including phenoxy) is 3. The largest absolute Gasteiger partial charge is 0.493 e. The molecule has 1 aromatic carbocycles. The van der Waals surface area contributed by atoms with E-state index in [0.717, 1.165) is 18.9 Å². The average molecular weight is 386 g/mol. The molecule has 1 aliphatic rings. The Hall–Kier alpha value is -1.27. The van der Waals surface area contributed by atoms with Gasteiger partial charge in [0.25, 0.3) is 5.91 Å². The van der Waals surface area contributed by atoms with Gasteiger partial charge in [0.1, 0.15) is 0 Å². The maximum atomic E-state index is 12.2. The number of methoxy groups -OCH3 is 1. The molecule has 0 aliphatic heterocycles. The van der Waals surface area contributed by atoms with Crippen molar-refractivity contribution in [3.05, 3.63) is 22.2 Å². The van der Waals surface area contributed by atoms with Crippen LogP contribution in [0, 0.1) is 5.92 Å². The summed E-state index contributed by atoms with van der Waals surface area (Å²) >= 11 is 3.42. The molecule has 0 saturated heterocycles. The van der Waals surface area contributed by atoms with Crippen molar-refractivity contribution in [2.45, 2.75) is 26.2 Å². The molecule has 0 spiro atoms. The molecule has 5 nitrogen and oxygen atoms in total. The van der Waals surface area contributed by atoms with Crippen molar-refractivity contribution in [1.82, 2.24) is 5.32 Å². The zero-order valence-electron chi connectivity index (χ0n) is 13.7. The highest BCUT2D eigenvalue weighted by atomic mass is 79.9. The van der Waals surface area contributed by atoms with Gasteiger partial charge in [-0.05, 0) is 60.2 Å². The number of halogens is 1. The Morgan fingerprint density at radius 2 is 2.17 bits per heavy atom. The maximum Gasteiger partial charge on any atom is 0.251 e. The van der Waals surface area contributed by atoms with Crippen LogP contribution in [0.15, 0.2) is 16.6 Å². The molecule has 23 heavy (non-hydrogen) atoms. The fourth-order valence-corrected chi connectivity index (χ4v) is 2.70. The number of nitrogens with one attached hydrogen (secondary N) is 1. The van der Waals surface area contributed by atoms with Crippen LogP contribution < -0.4 is 14.8 Å². The summed E-state index contributed by atoms with van der Waals surface area (Å²) in [6, 6.07) is 3.43. The highest BCUT2D eigenvalue weighted by Crippen LogP contribution is 2.36.